The maximum absolute atomic E-state index is 6.54. The van der Waals surface area contributed by atoms with Crippen molar-refractivity contribution in [2.24, 2.45) is 5.41 Å². The quantitative estimate of drug-likeness (QED) is 0.712. The van der Waals surface area contributed by atoms with Gasteiger partial charge in [0, 0.05) is 12.5 Å². The third-order valence-electron chi connectivity index (χ3n) is 6.83. The largest absolute Gasteiger partial charge is 0.368 e. The summed E-state index contributed by atoms with van der Waals surface area (Å²) in [4.78, 5) is 0. The summed E-state index contributed by atoms with van der Waals surface area (Å²) in [7, 11) is 1.65. The second-order valence-electron chi connectivity index (χ2n) is 8.91. The monoisotopic (exact) mass is 410 g/mol. The molecular formula is C25H30O5. The molecule has 0 N–H and O–H groups in total. The van der Waals surface area contributed by atoms with Gasteiger partial charge in [-0.3, -0.25) is 0 Å². The maximum atomic E-state index is 6.54. The van der Waals surface area contributed by atoms with Crippen molar-refractivity contribution in [1.29, 1.82) is 0 Å². The third kappa shape index (κ3) is 3.59. The van der Waals surface area contributed by atoms with Crippen LogP contribution in [0.1, 0.15) is 37.3 Å². The molecule has 0 spiro atoms. The molecule has 2 aromatic rings. The van der Waals surface area contributed by atoms with Crippen LogP contribution in [0.3, 0.4) is 0 Å². The van der Waals surface area contributed by atoms with Crippen molar-refractivity contribution in [2.45, 2.75) is 69.8 Å². The van der Waals surface area contributed by atoms with Crippen LogP contribution >= 0.6 is 0 Å². The third-order valence-corrected chi connectivity index (χ3v) is 6.83. The van der Waals surface area contributed by atoms with E-state index in [0.717, 1.165) is 12.0 Å². The number of benzene rings is 2. The van der Waals surface area contributed by atoms with E-state index in [0.29, 0.717) is 12.5 Å². The van der Waals surface area contributed by atoms with Crippen molar-refractivity contribution >= 4 is 0 Å². The molecule has 0 aromatic heterocycles. The zero-order valence-corrected chi connectivity index (χ0v) is 17.8. The summed E-state index contributed by atoms with van der Waals surface area (Å²) in [6, 6.07) is 20.8. The first-order valence-corrected chi connectivity index (χ1v) is 10.8. The van der Waals surface area contributed by atoms with Crippen molar-refractivity contribution in [3.05, 3.63) is 71.8 Å². The molecule has 0 unspecified atom stereocenters. The van der Waals surface area contributed by atoms with Crippen LogP contribution in [0.5, 0.6) is 0 Å². The first-order valence-electron chi connectivity index (χ1n) is 10.8. The Morgan fingerprint density at radius 1 is 0.933 bits per heavy atom. The predicted molar refractivity (Wildman–Crippen MR) is 112 cm³/mol. The van der Waals surface area contributed by atoms with Gasteiger partial charge in [0.05, 0.1) is 12.7 Å². The van der Waals surface area contributed by atoms with Gasteiger partial charge >= 0.3 is 0 Å². The fourth-order valence-electron chi connectivity index (χ4n) is 4.91. The first kappa shape index (κ1) is 20.2. The number of ether oxygens (including phenoxy) is 5. The summed E-state index contributed by atoms with van der Waals surface area (Å²) in [6.07, 6.45) is -0.600. The highest BCUT2D eigenvalue weighted by molar-refractivity contribution is 5.30. The zero-order chi connectivity index (χ0) is 20.7. The van der Waals surface area contributed by atoms with E-state index >= 15 is 0 Å². The van der Waals surface area contributed by atoms with Crippen molar-refractivity contribution < 1.29 is 23.7 Å². The predicted octanol–water partition coefficient (Wildman–Crippen LogP) is 4.27. The minimum atomic E-state index is -0.455. The molecule has 2 saturated heterocycles. The number of fused-ring (bicyclic) bond motifs is 1. The van der Waals surface area contributed by atoms with Gasteiger partial charge in [-0.05, 0) is 30.4 Å². The standard InChI is InChI=1S/C25H30O5/c1-16-20(27-15-17-10-6-4-7-11-17)21-22(23(26-3)28-16)30-24(29-21)25(2)14-19(25)18-12-8-5-9-13-18/h4-13,16,19-24H,14-15H2,1-3H3/t16-,19+,20-,21+,22+,23+,24+,25-/m0/s1. The highest BCUT2D eigenvalue weighted by atomic mass is 16.8. The van der Waals surface area contributed by atoms with Crippen LogP contribution in [-0.2, 0) is 30.3 Å². The van der Waals surface area contributed by atoms with E-state index in [1.165, 1.54) is 5.56 Å². The Balaban J connectivity index is 1.32. The summed E-state index contributed by atoms with van der Waals surface area (Å²) in [5, 5.41) is 0. The lowest BCUT2D eigenvalue weighted by Gasteiger charge is -2.40. The molecule has 1 saturated carbocycles. The molecule has 0 amide bonds. The van der Waals surface area contributed by atoms with Crippen molar-refractivity contribution in [3.8, 4) is 0 Å². The molecule has 2 aliphatic heterocycles. The highest BCUT2D eigenvalue weighted by Gasteiger charge is 2.64. The van der Waals surface area contributed by atoms with E-state index in [1.807, 2.05) is 25.1 Å². The lowest BCUT2D eigenvalue weighted by molar-refractivity contribution is -0.270. The molecule has 2 aromatic carbocycles. The topological polar surface area (TPSA) is 46.2 Å². The van der Waals surface area contributed by atoms with Gasteiger partial charge < -0.3 is 23.7 Å². The Hall–Kier alpha value is -1.76. The SMILES string of the molecule is CO[C@@H]1O[C@@H](C)[C@H](OCc2ccccc2)[C@H]2O[C@@H]([C@@]3(C)C[C@@H]3c3ccccc3)O[C@@H]12. The van der Waals surface area contributed by atoms with Gasteiger partial charge in [-0.15, -0.1) is 0 Å². The Bertz CT molecular complexity index is 843. The van der Waals surface area contributed by atoms with Crippen LogP contribution < -0.4 is 0 Å². The summed E-state index contributed by atoms with van der Waals surface area (Å²) >= 11 is 0. The van der Waals surface area contributed by atoms with Crippen LogP contribution in [-0.4, -0.2) is 44.1 Å². The van der Waals surface area contributed by atoms with Crippen LogP contribution in [0.15, 0.2) is 60.7 Å². The molecule has 3 fully saturated rings. The zero-order valence-electron chi connectivity index (χ0n) is 17.8. The lowest BCUT2D eigenvalue weighted by atomic mass is 9.99. The fourth-order valence-corrected chi connectivity index (χ4v) is 4.91. The molecule has 2 heterocycles. The summed E-state index contributed by atoms with van der Waals surface area (Å²) in [6.45, 7) is 4.77. The molecule has 5 rings (SSSR count). The van der Waals surface area contributed by atoms with E-state index in [2.05, 4.69) is 49.4 Å². The van der Waals surface area contributed by atoms with Gasteiger partial charge in [-0.25, -0.2) is 0 Å². The van der Waals surface area contributed by atoms with Crippen molar-refractivity contribution in [1.82, 2.24) is 0 Å². The molecule has 5 heteroatoms. The number of methoxy groups -OCH3 is 1. The second kappa shape index (κ2) is 8.06. The molecule has 30 heavy (non-hydrogen) atoms. The van der Waals surface area contributed by atoms with E-state index in [9.17, 15) is 0 Å². The highest BCUT2D eigenvalue weighted by Crippen LogP contribution is 2.63. The molecule has 160 valence electrons. The van der Waals surface area contributed by atoms with Crippen molar-refractivity contribution in [3.63, 3.8) is 0 Å². The average molecular weight is 411 g/mol. The Morgan fingerprint density at radius 3 is 2.30 bits per heavy atom. The van der Waals surface area contributed by atoms with Crippen LogP contribution in [0.2, 0.25) is 0 Å². The Morgan fingerprint density at radius 2 is 1.60 bits per heavy atom. The molecule has 1 aliphatic carbocycles. The summed E-state index contributed by atoms with van der Waals surface area (Å²) < 4.78 is 30.9. The Kier molecular flexibility index (Phi) is 5.42. The Labute approximate surface area is 178 Å². The van der Waals surface area contributed by atoms with E-state index < -0.39 is 6.29 Å². The van der Waals surface area contributed by atoms with Crippen molar-refractivity contribution in [2.75, 3.05) is 7.11 Å². The molecule has 8 atom stereocenters. The summed E-state index contributed by atoms with van der Waals surface area (Å²) in [5.74, 6) is 0.437. The van der Waals surface area contributed by atoms with Crippen LogP contribution in [0, 0.1) is 5.41 Å². The van der Waals surface area contributed by atoms with Gasteiger partial charge in [-0.2, -0.15) is 0 Å². The van der Waals surface area contributed by atoms with Gasteiger partial charge in [0.15, 0.2) is 12.6 Å². The smallest absolute Gasteiger partial charge is 0.186 e. The van der Waals surface area contributed by atoms with E-state index in [-0.39, 0.29) is 36.1 Å². The summed E-state index contributed by atoms with van der Waals surface area (Å²) in [5.41, 5.74) is 2.42. The average Bonchev–Trinajstić information content (AvgIpc) is 3.27. The normalized spacial score (nSPS) is 40.2. The molecule has 5 nitrogen and oxygen atoms in total. The number of hydrogen-bond donors (Lipinski definition) is 0. The minimum Gasteiger partial charge on any atom is -0.368 e. The first-order chi connectivity index (χ1) is 14.6. The molecule has 0 radical (unpaired) electrons. The maximum Gasteiger partial charge on any atom is 0.186 e. The molecular weight excluding hydrogens is 380 g/mol. The number of hydrogen-bond acceptors (Lipinski definition) is 5. The van der Waals surface area contributed by atoms with Gasteiger partial charge in [0.2, 0.25) is 0 Å². The van der Waals surface area contributed by atoms with Gasteiger partial charge in [0.25, 0.3) is 0 Å². The number of rotatable bonds is 6. The lowest BCUT2D eigenvalue weighted by Crippen LogP contribution is -2.56. The van der Waals surface area contributed by atoms with Crippen LogP contribution in [0.4, 0.5) is 0 Å². The van der Waals surface area contributed by atoms with E-state index in [4.69, 9.17) is 23.7 Å². The molecule has 3 aliphatic rings. The van der Waals surface area contributed by atoms with E-state index in [1.54, 1.807) is 7.11 Å². The van der Waals surface area contributed by atoms with Gasteiger partial charge in [0.1, 0.15) is 18.3 Å². The molecule has 0 bridgehead atoms. The van der Waals surface area contributed by atoms with Crippen LogP contribution in [0.25, 0.3) is 0 Å². The van der Waals surface area contributed by atoms with Gasteiger partial charge in [-0.1, -0.05) is 67.6 Å². The fraction of sp³-hybridized carbons (Fsp3) is 0.520. The second-order valence-corrected chi connectivity index (χ2v) is 8.91. The minimum absolute atomic E-state index is 0.0514.